The lowest BCUT2D eigenvalue weighted by Crippen LogP contribution is -2.33. The molecule has 0 spiro atoms. The molecule has 0 aliphatic rings. The van der Waals surface area contributed by atoms with Gasteiger partial charge in [0.1, 0.15) is 0 Å². The van der Waals surface area contributed by atoms with E-state index in [4.69, 9.17) is 4.52 Å². The van der Waals surface area contributed by atoms with E-state index in [2.05, 4.69) is 36.2 Å². The Morgan fingerprint density at radius 3 is 2.38 bits per heavy atom. The lowest BCUT2D eigenvalue weighted by Gasteiger charge is -2.26. The van der Waals surface area contributed by atoms with Crippen molar-refractivity contribution >= 4 is 6.01 Å². The molecule has 0 radical (unpaired) electrons. The van der Waals surface area contributed by atoms with Gasteiger partial charge >= 0.3 is 6.01 Å². The highest BCUT2D eigenvalue weighted by atomic mass is 16.5. The van der Waals surface area contributed by atoms with Gasteiger partial charge in [0.25, 0.3) is 0 Å². The van der Waals surface area contributed by atoms with E-state index in [1.54, 1.807) is 0 Å². The maximum absolute atomic E-state index is 4.99. The molecule has 0 aromatic carbocycles. The van der Waals surface area contributed by atoms with Gasteiger partial charge in [0, 0.05) is 5.54 Å². The molecule has 4 heteroatoms. The maximum Gasteiger partial charge on any atom is 0.321 e. The summed E-state index contributed by atoms with van der Waals surface area (Å²) in [6, 6.07) is 0.517. The summed E-state index contributed by atoms with van der Waals surface area (Å²) < 4.78 is 4.99. The normalized spacial score (nSPS) is 11.7. The zero-order valence-electron chi connectivity index (χ0n) is 8.72. The van der Waals surface area contributed by atoms with Gasteiger partial charge in [-0.05, 0) is 26.7 Å². The fourth-order valence-electron chi connectivity index (χ4n) is 1.03. The van der Waals surface area contributed by atoms with Gasteiger partial charge in [-0.1, -0.05) is 19.0 Å². The topological polar surface area (TPSA) is 51.0 Å². The summed E-state index contributed by atoms with van der Waals surface area (Å²) in [4.78, 5) is 4.10. The van der Waals surface area contributed by atoms with E-state index in [0.717, 1.165) is 12.8 Å². The van der Waals surface area contributed by atoms with Gasteiger partial charge in [0.2, 0.25) is 0 Å². The Morgan fingerprint density at radius 1 is 1.38 bits per heavy atom. The van der Waals surface area contributed by atoms with Gasteiger partial charge in [-0.2, -0.15) is 4.98 Å². The molecule has 0 aliphatic heterocycles. The van der Waals surface area contributed by atoms with Crippen molar-refractivity contribution in [3.8, 4) is 0 Å². The molecule has 0 aliphatic carbocycles. The van der Waals surface area contributed by atoms with E-state index in [9.17, 15) is 0 Å². The molecular formula is C9H17N3O. The summed E-state index contributed by atoms with van der Waals surface area (Å²) in [6.45, 7) is 8.23. The van der Waals surface area contributed by atoms with Gasteiger partial charge in [-0.15, -0.1) is 0 Å². The molecule has 0 bridgehead atoms. The number of nitrogens with zero attached hydrogens (tertiary/aromatic N) is 2. The molecule has 1 heterocycles. The second kappa shape index (κ2) is 3.77. The fraction of sp³-hybridized carbons (Fsp3) is 0.778. The summed E-state index contributed by atoms with van der Waals surface area (Å²) in [6.07, 6.45) is 2.07. The van der Waals surface area contributed by atoms with Gasteiger partial charge in [0.05, 0.1) is 0 Å². The second-order valence-electron chi connectivity index (χ2n) is 3.54. The van der Waals surface area contributed by atoms with Crippen molar-refractivity contribution in [3.63, 3.8) is 0 Å². The lowest BCUT2D eigenvalue weighted by atomic mass is 9.96. The highest BCUT2D eigenvalue weighted by Crippen LogP contribution is 2.19. The van der Waals surface area contributed by atoms with E-state index in [0.29, 0.717) is 11.8 Å². The summed E-state index contributed by atoms with van der Waals surface area (Å²) in [5.41, 5.74) is 0.0545. The van der Waals surface area contributed by atoms with Crippen LogP contribution in [0.2, 0.25) is 0 Å². The first-order chi connectivity index (χ1) is 6.09. The first-order valence-corrected chi connectivity index (χ1v) is 4.68. The molecule has 0 fully saturated rings. The Hall–Kier alpha value is -1.06. The van der Waals surface area contributed by atoms with Crippen molar-refractivity contribution in [2.24, 2.45) is 0 Å². The van der Waals surface area contributed by atoms with Gasteiger partial charge in [-0.25, -0.2) is 0 Å². The molecule has 1 aromatic rings. The minimum absolute atomic E-state index is 0.0545. The van der Waals surface area contributed by atoms with Gasteiger partial charge in [0.15, 0.2) is 5.82 Å². The Bertz CT molecular complexity index is 266. The van der Waals surface area contributed by atoms with E-state index in [1.807, 2.05) is 6.92 Å². The number of aromatic nitrogens is 2. The lowest BCUT2D eigenvalue weighted by molar-refractivity contribution is 0.396. The monoisotopic (exact) mass is 183 g/mol. The predicted octanol–water partition coefficient (Wildman–Crippen LogP) is 2.37. The molecule has 4 nitrogen and oxygen atoms in total. The van der Waals surface area contributed by atoms with E-state index < -0.39 is 0 Å². The molecule has 0 unspecified atom stereocenters. The summed E-state index contributed by atoms with van der Waals surface area (Å²) in [7, 11) is 0. The van der Waals surface area contributed by atoms with Crippen LogP contribution in [0.5, 0.6) is 0 Å². The van der Waals surface area contributed by atoms with Crippen LogP contribution in [-0.2, 0) is 0 Å². The Balaban J connectivity index is 2.67. The third kappa shape index (κ3) is 2.44. The van der Waals surface area contributed by atoms with Crippen LogP contribution < -0.4 is 5.32 Å². The molecule has 0 saturated heterocycles. The van der Waals surface area contributed by atoms with Gasteiger partial charge < -0.3 is 9.84 Å². The molecule has 0 atom stereocenters. The van der Waals surface area contributed by atoms with Crippen LogP contribution in [0.3, 0.4) is 0 Å². The quantitative estimate of drug-likeness (QED) is 0.778. The second-order valence-corrected chi connectivity index (χ2v) is 3.54. The number of hydrogen-bond donors (Lipinski definition) is 1. The standard InChI is InChI=1S/C9H17N3O/c1-5-9(4,6-2)11-8-10-7(3)12-13-8/h5-6H2,1-4H3,(H,10,11,12). The highest BCUT2D eigenvalue weighted by Gasteiger charge is 2.21. The zero-order valence-corrected chi connectivity index (χ0v) is 8.72. The Labute approximate surface area is 78.7 Å². The SMILES string of the molecule is CCC(C)(CC)Nc1nc(C)no1. The minimum atomic E-state index is 0.0545. The van der Waals surface area contributed by atoms with Crippen LogP contribution in [0, 0.1) is 6.92 Å². The van der Waals surface area contributed by atoms with Crippen molar-refractivity contribution in [2.75, 3.05) is 5.32 Å². The highest BCUT2D eigenvalue weighted by molar-refractivity contribution is 5.23. The number of aryl methyl sites for hydroxylation is 1. The summed E-state index contributed by atoms with van der Waals surface area (Å²) >= 11 is 0. The molecule has 13 heavy (non-hydrogen) atoms. The largest absolute Gasteiger partial charge is 0.333 e. The average molecular weight is 183 g/mol. The van der Waals surface area contributed by atoms with Crippen molar-refractivity contribution < 1.29 is 4.52 Å². The van der Waals surface area contributed by atoms with E-state index in [1.165, 1.54) is 0 Å². The molecule has 0 saturated carbocycles. The van der Waals surface area contributed by atoms with E-state index in [-0.39, 0.29) is 5.54 Å². The molecular weight excluding hydrogens is 166 g/mol. The third-order valence-corrected chi connectivity index (χ3v) is 2.50. The number of rotatable bonds is 4. The first-order valence-electron chi connectivity index (χ1n) is 4.68. The van der Waals surface area contributed by atoms with Crippen LogP contribution in [0.15, 0.2) is 4.52 Å². The maximum atomic E-state index is 4.99. The van der Waals surface area contributed by atoms with Crippen LogP contribution in [0.25, 0.3) is 0 Å². The molecule has 1 N–H and O–H groups in total. The minimum Gasteiger partial charge on any atom is -0.333 e. The van der Waals surface area contributed by atoms with Crippen LogP contribution in [0.4, 0.5) is 6.01 Å². The third-order valence-electron chi connectivity index (χ3n) is 2.50. The summed E-state index contributed by atoms with van der Waals surface area (Å²) in [5, 5.41) is 6.96. The van der Waals surface area contributed by atoms with Crippen molar-refractivity contribution in [1.82, 2.24) is 10.1 Å². The average Bonchev–Trinajstić information content (AvgIpc) is 2.51. The summed E-state index contributed by atoms with van der Waals surface area (Å²) in [5.74, 6) is 0.664. The Kier molecular flexibility index (Phi) is 2.90. The first kappa shape index (κ1) is 10.0. The molecule has 0 amide bonds. The van der Waals surface area contributed by atoms with Gasteiger partial charge in [-0.3, -0.25) is 0 Å². The molecule has 1 aromatic heterocycles. The number of anilines is 1. The van der Waals surface area contributed by atoms with Crippen molar-refractivity contribution in [2.45, 2.75) is 46.1 Å². The fourth-order valence-corrected chi connectivity index (χ4v) is 1.03. The predicted molar refractivity (Wildman–Crippen MR) is 51.6 cm³/mol. The zero-order chi connectivity index (χ0) is 9.90. The van der Waals surface area contributed by atoms with Crippen LogP contribution >= 0.6 is 0 Å². The van der Waals surface area contributed by atoms with Crippen LogP contribution in [0.1, 0.15) is 39.4 Å². The Morgan fingerprint density at radius 2 is 2.00 bits per heavy atom. The van der Waals surface area contributed by atoms with Crippen LogP contribution in [-0.4, -0.2) is 15.7 Å². The number of hydrogen-bond acceptors (Lipinski definition) is 4. The van der Waals surface area contributed by atoms with E-state index >= 15 is 0 Å². The number of nitrogens with one attached hydrogen (secondary N) is 1. The molecule has 74 valence electrons. The molecule has 1 rings (SSSR count). The van der Waals surface area contributed by atoms with Crippen molar-refractivity contribution in [1.29, 1.82) is 0 Å². The van der Waals surface area contributed by atoms with Crippen molar-refractivity contribution in [3.05, 3.63) is 5.82 Å². The smallest absolute Gasteiger partial charge is 0.321 e.